The van der Waals surface area contributed by atoms with Gasteiger partial charge in [-0.25, -0.2) is 4.39 Å². The van der Waals surface area contributed by atoms with Gasteiger partial charge in [0.25, 0.3) is 0 Å². The molecule has 0 saturated heterocycles. The number of aliphatic imine (C=N–C) groups is 1. The quantitative estimate of drug-likeness (QED) is 0.717. The van der Waals surface area contributed by atoms with E-state index < -0.39 is 5.54 Å². The van der Waals surface area contributed by atoms with Crippen molar-refractivity contribution in [3.8, 4) is 0 Å². The smallest absolute Gasteiger partial charge is 0.177 e. The molecule has 0 bridgehead atoms. The third-order valence-electron chi connectivity index (χ3n) is 4.02. The number of thiophene rings is 1. The lowest BCUT2D eigenvalue weighted by Gasteiger charge is -2.30. The van der Waals surface area contributed by atoms with Crippen molar-refractivity contribution in [1.29, 1.82) is 0 Å². The number of nitrogens with two attached hydrogens (primary N) is 1. The van der Waals surface area contributed by atoms with Gasteiger partial charge in [-0.3, -0.25) is 9.79 Å². The van der Waals surface area contributed by atoms with Crippen LogP contribution in [0.5, 0.6) is 0 Å². The Morgan fingerprint density at radius 3 is 2.88 bits per heavy atom. The van der Waals surface area contributed by atoms with Crippen LogP contribution in [0.3, 0.4) is 0 Å². The van der Waals surface area contributed by atoms with Crippen LogP contribution in [-0.2, 0) is 12.0 Å². The third-order valence-corrected chi connectivity index (χ3v) is 6.48. The van der Waals surface area contributed by atoms with Gasteiger partial charge >= 0.3 is 0 Å². The summed E-state index contributed by atoms with van der Waals surface area (Å²) in [7, 11) is 0. The van der Waals surface area contributed by atoms with Gasteiger partial charge in [-0.15, -0.1) is 11.3 Å². The fraction of sp³-hybridized carbons (Fsp3) is 0.294. The number of carbonyl (C=O) groups excluding carboxylic acids is 1. The average Bonchev–Trinajstić information content (AvgIpc) is 2.95. The van der Waals surface area contributed by atoms with Crippen LogP contribution in [-0.4, -0.2) is 16.7 Å². The van der Waals surface area contributed by atoms with E-state index in [0.29, 0.717) is 22.0 Å². The lowest BCUT2D eigenvalue weighted by molar-refractivity contribution is 0.0996. The highest BCUT2D eigenvalue weighted by molar-refractivity contribution is 9.11. The molecule has 7 heteroatoms. The Labute approximate surface area is 156 Å². The van der Waals surface area contributed by atoms with E-state index in [-0.39, 0.29) is 18.0 Å². The molecule has 2 aromatic rings. The molecule has 0 saturated carbocycles. The Morgan fingerprint density at radius 2 is 2.21 bits per heavy atom. The molecule has 0 radical (unpaired) electrons. The predicted molar refractivity (Wildman–Crippen MR) is 103 cm³/mol. The largest absolute Gasteiger partial charge is 0.379 e. The van der Waals surface area contributed by atoms with E-state index in [0.717, 1.165) is 15.1 Å². The molecule has 0 amide bonds. The molecular formula is C17H16BrFN2OS2. The second-order valence-corrected chi connectivity index (χ2v) is 9.42. The first kappa shape index (κ1) is 17.6. The van der Waals surface area contributed by atoms with Gasteiger partial charge in [0.2, 0.25) is 0 Å². The van der Waals surface area contributed by atoms with Gasteiger partial charge in [0.15, 0.2) is 11.0 Å². The Bertz CT molecular complexity index is 821. The van der Waals surface area contributed by atoms with Crippen LogP contribution in [0.15, 0.2) is 39.1 Å². The summed E-state index contributed by atoms with van der Waals surface area (Å²) in [5.74, 6) is 0.518. The van der Waals surface area contributed by atoms with Gasteiger partial charge in [0.1, 0.15) is 5.82 Å². The van der Waals surface area contributed by atoms with Gasteiger partial charge < -0.3 is 5.73 Å². The molecule has 0 spiro atoms. The van der Waals surface area contributed by atoms with Crippen molar-refractivity contribution in [3.63, 3.8) is 0 Å². The van der Waals surface area contributed by atoms with Gasteiger partial charge in [-0.05, 0) is 59.1 Å². The van der Waals surface area contributed by atoms with Crippen LogP contribution < -0.4 is 5.73 Å². The van der Waals surface area contributed by atoms with E-state index in [1.54, 1.807) is 18.2 Å². The summed E-state index contributed by atoms with van der Waals surface area (Å²) < 4.78 is 15.3. The zero-order chi connectivity index (χ0) is 17.3. The summed E-state index contributed by atoms with van der Waals surface area (Å²) in [6.45, 7) is 1.89. The number of nitrogens with zero attached hydrogens (tertiary/aromatic N) is 1. The zero-order valence-corrected chi connectivity index (χ0v) is 16.2. The average molecular weight is 427 g/mol. The Balaban J connectivity index is 1.89. The van der Waals surface area contributed by atoms with E-state index >= 15 is 0 Å². The third kappa shape index (κ3) is 3.73. The minimum atomic E-state index is -0.676. The zero-order valence-electron chi connectivity index (χ0n) is 13.0. The number of carbonyl (C=O) groups is 1. The van der Waals surface area contributed by atoms with Crippen LogP contribution in [0, 0.1) is 5.82 Å². The van der Waals surface area contributed by atoms with Gasteiger partial charge in [-0.2, -0.15) is 0 Å². The van der Waals surface area contributed by atoms with Crippen molar-refractivity contribution in [1.82, 2.24) is 0 Å². The number of rotatable bonds is 4. The molecule has 3 nitrogen and oxygen atoms in total. The Kier molecular flexibility index (Phi) is 5.13. The molecule has 2 heterocycles. The number of Topliss-reactive ketones (excluding diaryl/α,β-unsaturated/α-hetero) is 1. The topological polar surface area (TPSA) is 55.5 Å². The highest BCUT2D eigenvalue weighted by Gasteiger charge is 2.32. The number of amidine groups is 1. The van der Waals surface area contributed by atoms with E-state index in [2.05, 4.69) is 20.9 Å². The van der Waals surface area contributed by atoms with Crippen molar-refractivity contribution >= 4 is 50.0 Å². The molecule has 3 rings (SSSR count). The van der Waals surface area contributed by atoms with Crippen LogP contribution in [0.25, 0.3) is 0 Å². The van der Waals surface area contributed by atoms with Crippen molar-refractivity contribution in [3.05, 3.63) is 55.9 Å². The minimum Gasteiger partial charge on any atom is -0.379 e. The van der Waals surface area contributed by atoms with Crippen molar-refractivity contribution < 1.29 is 9.18 Å². The molecule has 0 aliphatic carbocycles. The fourth-order valence-corrected chi connectivity index (χ4v) is 5.01. The summed E-state index contributed by atoms with van der Waals surface area (Å²) >= 11 is 6.25. The molecule has 24 heavy (non-hydrogen) atoms. The van der Waals surface area contributed by atoms with Gasteiger partial charge in [-0.1, -0.05) is 17.8 Å². The number of benzene rings is 1. The van der Waals surface area contributed by atoms with E-state index in [1.807, 2.05) is 13.0 Å². The highest BCUT2D eigenvalue weighted by Crippen LogP contribution is 2.37. The van der Waals surface area contributed by atoms with E-state index in [4.69, 9.17) is 5.73 Å². The van der Waals surface area contributed by atoms with Crippen LogP contribution in [0.1, 0.15) is 34.1 Å². The summed E-state index contributed by atoms with van der Waals surface area (Å²) in [4.78, 5) is 17.5. The first-order valence-corrected chi connectivity index (χ1v) is 10.0. The minimum absolute atomic E-state index is 0.0237. The van der Waals surface area contributed by atoms with Gasteiger partial charge in [0.05, 0.1) is 14.2 Å². The second kappa shape index (κ2) is 6.98. The van der Waals surface area contributed by atoms with Crippen molar-refractivity contribution in [2.24, 2.45) is 10.7 Å². The maximum atomic E-state index is 14.4. The normalized spacial score (nSPS) is 20.7. The SMILES string of the molecule is C[C@@]1(c2cc(CC(=O)c3ccc(Br)s3)ccc2F)CCSC(N)=N1. The number of hydrogen-bond donors (Lipinski definition) is 1. The van der Waals surface area contributed by atoms with E-state index in [9.17, 15) is 9.18 Å². The van der Waals surface area contributed by atoms with Crippen molar-refractivity contribution in [2.45, 2.75) is 25.3 Å². The predicted octanol–water partition coefficient (Wildman–Crippen LogP) is 4.74. The highest BCUT2D eigenvalue weighted by atomic mass is 79.9. The van der Waals surface area contributed by atoms with Crippen LogP contribution in [0.2, 0.25) is 0 Å². The molecule has 0 fully saturated rings. The molecule has 1 aromatic heterocycles. The number of hydrogen-bond acceptors (Lipinski definition) is 5. The molecule has 1 atom stereocenters. The summed E-state index contributed by atoms with van der Waals surface area (Å²) in [5, 5.41) is 0.480. The van der Waals surface area contributed by atoms with Crippen LogP contribution in [0.4, 0.5) is 4.39 Å². The summed E-state index contributed by atoms with van der Waals surface area (Å²) in [6, 6.07) is 8.48. The molecule has 1 aliphatic heterocycles. The molecule has 126 valence electrons. The lowest BCUT2D eigenvalue weighted by Crippen LogP contribution is -2.29. The van der Waals surface area contributed by atoms with Crippen molar-refractivity contribution in [2.75, 3.05) is 5.75 Å². The standard InChI is InChI=1S/C17H16BrFN2OS2/c1-17(6-7-23-16(20)21-17)11-8-10(2-3-12(11)19)9-13(22)14-4-5-15(18)24-14/h2-5,8H,6-7,9H2,1H3,(H2,20,21)/t17-/m0/s1. The van der Waals surface area contributed by atoms with Gasteiger partial charge in [0, 0.05) is 17.7 Å². The molecule has 2 N–H and O–H groups in total. The number of thioether (sulfide) groups is 1. The maximum Gasteiger partial charge on any atom is 0.177 e. The summed E-state index contributed by atoms with van der Waals surface area (Å²) in [5.41, 5.74) is 6.44. The maximum absolute atomic E-state index is 14.4. The second-order valence-electron chi connectivity index (χ2n) is 5.84. The number of ketones is 1. The fourth-order valence-electron chi connectivity index (χ4n) is 2.71. The first-order valence-electron chi connectivity index (χ1n) is 7.43. The van der Waals surface area contributed by atoms with E-state index in [1.165, 1.54) is 29.2 Å². The van der Waals surface area contributed by atoms with Crippen LogP contribution >= 0.6 is 39.0 Å². The molecule has 1 aromatic carbocycles. The summed E-state index contributed by atoms with van der Waals surface area (Å²) in [6.07, 6.45) is 0.953. The molecule has 0 unspecified atom stereocenters. The Morgan fingerprint density at radius 1 is 1.42 bits per heavy atom. The molecule has 1 aliphatic rings. The molecular weight excluding hydrogens is 411 g/mol. The lowest BCUT2D eigenvalue weighted by atomic mass is 9.87. The monoisotopic (exact) mass is 426 g/mol. The number of halogens is 2. The Hall–Kier alpha value is -1.18. The first-order chi connectivity index (χ1) is 11.4.